The van der Waals surface area contributed by atoms with Gasteiger partial charge in [-0.1, -0.05) is 24.3 Å². The summed E-state index contributed by atoms with van der Waals surface area (Å²) in [7, 11) is 0. The lowest BCUT2D eigenvalue weighted by Gasteiger charge is -2.04. The average molecular weight is 297 g/mol. The van der Waals surface area contributed by atoms with E-state index < -0.39 is 11.9 Å². The summed E-state index contributed by atoms with van der Waals surface area (Å²) in [4.78, 5) is 22.0. The van der Waals surface area contributed by atoms with Gasteiger partial charge in [0.05, 0.1) is 11.1 Å². The van der Waals surface area contributed by atoms with Gasteiger partial charge >= 0.3 is 11.9 Å². The number of carboxylic acid groups (broad SMARTS) is 2. The van der Waals surface area contributed by atoms with Crippen LogP contribution in [-0.4, -0.2) is 32.1 Å². The molecule has 0 spiro atoms. The third kappa shape index (κ3) is 2.16. The lowest BCUT2D eigenvalue weighted by atomic mass is 10.0. The number of hydrogen-bond donors (Lipinski definition) is 3. The van der Waals surface area contributed by atoms with Crippen LogP contribution in [0.5, 0.6) is 0 Å². The summed E-state index contributed by atoms with van der Waals surface area (Å²) >= 11 is 0. The van der Waals surface area contributed by atoms with Crippen molar-refractivity contribution in [1.82, 2.24) is 4.73 Å². The third-order valence-corrected chi connectivity index (χ3v) is 3.44. The number of nitrogens with zero attached hydrogens (tertiary/aromatic N) is 1. The zero-order valence-electron chi connectivity index (χ0n) is 11.2. The van der Waals surface area contributed by atoms with Crippen molar-refractivity contribution < 1.29 is 25.0 Å². The van der Waals surface area contributed by atoms with Gasteiger partial charge in [-0.3, -0.25) is 0 Å². The van der Waals surface area contributed by atoms with E-state index in [1.165, 1.54) is 18.2 Å². The molecule has 0 amide bonds. The molecule has 110 valence electrons. The molecule has 6 nitrogen and oxygen atoms in total. The Morgan fingerprint density at radius 2 is 1.59 bits per heavy atom. The van der Waals surface area contributed by atoms with E-state index in [1.807, 2.05) is 0 Å². The lowest BCUT2D eigenvalue weighted by molar-refractivity contribution is 0.0647. The summed E-state index contributed by atoms with van der Waals surface area (Å²) in [5.74, 6) is -2.25. The second-order valence-electron chi connectivity index (χ2n) is 4.81. The SMILES string of the molecule is O=C(O)c1cccc(-c2ccc3cc(C(=O)O)n(O)c3c2)c1. The zero-order chi connectivity index (χ0) is 15.9. The number of benzene rings is 2. The maximum Gasteiger partial charge on any atom is 0.356 e. The number of aromatic nitrogens is 1. The normalized spacial score (nSPS) is 10.7. The first-order valence-corrected chi connectivity index (χ1v) is 6.39. The number of aromatic carboxylic acids is 2. The molecule has 0 saturated heterocycles. The van der Waals surface area contributed by atoms with Gasteiger partial charge in [-0.25, -0.2) is 9.59 Å². The fourth-order valence-corrected chi connectivity index (χ4v) is 2.35. The van der Waals surface area contributed by atoms with Gasteiger partial charge < -0.3 is 15.4 Å². The highest BCUT2D eigenvalue weighted by atomic mass is 16.5. The highest BCUT2D eigenvalue weighted by Crippen LogP contribution is 2.27. The molecule has 6 heteroatoms. The fourth-order valence-electron chi connectivity index (χ4n) is 2.35. The molecule has 3 aromatic rings. The first-order chi connectivity index (χ1) is 10.5. The molecule has 0 unspecified atom stereocenters. The molecule has 1 aromatic heterocycles. The van der Waals surface area contributed by atoms with Gasteiger partial charge in [0.1, 0.15) is 0 Å². The molecular weight excluding hydrogens is 286 g/mol. The molecular formula is C16H11NO5. The van der Waals surface area contributed by atoms with Gasteiger partial charge in [0.25, 0.3) is 0 Å². The van der Waals surface area contributed by atoms with Crippen LogP contribution in [0.1, 0.15) is 20.8 Å². The van der Waals surface area contributed by atoms with E-state index in [1.54, 1.807) is 30.3 Å². The molecule has 0 radical (unpaired) electrons. The van der Waals surface area contributed by atoms with Crippen LogP contribution >= 0.6 is 0 Å². The average Bonchev–Trinajstić information content (AvgIpc) is 2.84. The van der Waals surface area contributed by atoms with Crippen LogP contribution in [0.4, 0.5) is 0 Å². The maximum absolute atomic E-state index is 11.0. The molecule has 0 fully saturated rings. The Hall–Kier alpha value is -3.28. The maximum atomic E-state index is 11.0. The van der Waals surface area contributed by atoms with Gasteiger partial charge in [-0.2, -0.15) is 4.73 Å². The summed E-state index contributed by atoms with van der Waals surface area (Å²) in [6.45, 7) is 0. The highest BCUT2D eigenvalue weighted by molar-refractivity contribution is 5.96. The predicted octanol–water partition coefficient (Wildman–Crippen LogP) is 2.94. The minimum atomic E-state index is -1.23. The monoisotopic (exact) mass is 297 g/mol. The number of fused-ring (bicyclic) bond motifs is 1. The summed E-state index contributed by atoms with van der Waals surface area (Å²) in [5, 5.41) is 28.5. The van der Waals surface area contributed by atoms with E-state index in [9.17, 15) is 14.8 Å². The lowest BCUT2D eigenvalue weighted by Crippen LogP contribution is -2.04. The van der Waals surface area contributed by atoms with Crippen LogP contribution in [0.15, 0.2) is 48.5 Å². The first kappa shape index (κ1) is 13.7. The Bertz CT molecular complexity index is 910. The standard InChI is InChI=1S/C16H11NO5/c18-15(19)12-3-1-2-9(6-12)10-4-5-11-8-14(16(20)21)17(22)13(11)7-10/h1-8,22H,(H,18,19)(H,20,21). The molecule has 22 heavy (non-hydrogen) atoms. The van der Waals surface area contributed by atoms with Crippen molar-refractivity contribution in [2.45, 2.75) is 0 Å². The van der Waals surface area contributed by atoms with Crippen molar-refractivity contribution in [3.05, 3.63) is 59.8 Å². The summed E-state index contributed by atoms with van der Waals surface area (Å²) in [6, 6.07) is 12.8. The van der Waals surface area contributed by atoms with Crippen LogP contribution in [0.2, 0.25) is 0 Å². The molecule has 3 N–H and O–H groups in total. The van der Waals surface area contributed by atoms with Gasteiger partial charge in [0.2, 0.25) is 0 Å². The molecule has 0 saturated carbocycles. The molecule has 0 atom stereocenters. The van der Waals surface area contributed by atoms with Crippen molar-refractivity contribution in [2.75, 3.05) is 0 Å². The van der Waals surface area contributed by atoms with E-state index in [4.69, 9.17) is 10.2 Å². The van der Waals surface area contributed by atoms with E-state index in [0.29, 0.717) is 26.8 Å². The fraction of sp³-hybridized carbons (Fsp3) is 0. The minimum absolute atomic E-state index is 0.156. The van der Waals surface area contributed by atoms with Crippen molar-refractivity contribution in [1.29, 1.82) is 0 Å². The Morgan fingerprint density at radius 1 is 0.864 bits per heavy atom. The molecule has 0 aliphatic rings. The van der Waals surface area contributed by atoms with Gasteiger partial charge in [-0.05, 0) is 35.4 Å². The minimum Gasteiger partial charge on any atom is -0.478 e. The second kappa shape index (κ2) is 4.92. The Balaban J connectivity index is 2.16. The number of hydrogen-bond acceptors (Lipinski definition) is 3. The molecule has 1 heterocycles. The topological polar surface area (TPSA) is 99.8 Å². The van der Waals surface area contributed by atoms with Crippen molar-refractivity contribution in [3.8, 4) is 11.1 Å². The third-order valence-electron chi connectivity index (χ3n) is 3.44. The van der Waals surface area contributed by atoms with E-state index in [2.05, 4.69) is 0 Å². The van der Waals surface area contributed by atoms with E-state index >= 15 is 0 Å². The Morgan fingerprint density at radius 3 is 2.27 bits per heavy atom. The van der Waals surface area contributed by atoms with Gasteiger partial charge in [0.15, 0.2) is 5.69 Å². The van der Waals surface area contributed by atoms with Gasteiger partial charge in [0, 0.05) is 5.39 Å². The largest absolute Gasteiger partial charge is 0.478 e. The van der Waals surface area contributed by atoms with Crippen LogP contribution in [-0.2, 0) is 0 Å². The van der Waals surface area contributed by atoms with Crippen LogP contribution in [0.3, 0.4) is 0 Å². The summed E-state index contributed by atoms with van der Waals surface area (Å²) in [5.41, 5.74) is 1.62. The molecule has 0 aliphatic carbocycles. The van der Waals surface area contributed by atoms with Crippen molar-refractivity contribution in [2.24, 2.45) is 0 Å². The number of rotatable bonds is 3. The van der Waals surface area contributed by atoms with Crippen molar-refractivity contribution in [3.63, 3.8) is 0 Å². The van der Waals surface area contributed by atoms with E-state index in [0.717, 1.165) is 0 Å². The number of carboxylic acids is 2. The second-order valence-corrected chi connectivity index (χ2v) is 4.81. The smallest absolute Gasteiger partial charge is 0.356 e. The van der Waals surface area contributed by atoms with Crippen LogP contribution in [0.25, 0.3) is 22.0 Å². The molecule has 0 bridgehead atoms. The van der Waals surface area contributed by atoms with Gasteiger partial charge in [-0.15, -0.1) is 0 Å². The summed E-state index contributed by atoms with van der Waals surface area (Å²) in [6.07, 6.45) is 0. The first-order valence-electron chi connectivity index (χ1n) is 6.39. The van der Waals surface area contributed by atoms with E-state index in [-0.39, 0.29) is 11.3 Å². The zero-order valence-corrected chi connectivity index (χ0v) is 11.2. The Labute approximate surface area is 124 Å². The summed E-state index contributed by atoms with van der Waals surface area (Å²) < 4.78 is 0.613. The molecule has 2 aromatic carbocycles. The predicted molar refractivity (Wildman–Crippen MR) is 78.5 cm³/mol. The molecule has 0 aliphatic heterocycles. The number of carbonyl (C=O) groups is 2. The van der Waals surface area contributed by atoms with Crippen molar-refractivity contribution >= 4 is 22.8 Å². The Kier molecular flexibility index (Phi) is 3.06. The molecule has 3 rings (SSSR count). The quantitative estimate of drug-likeness (QED) is 0.645. The van der Waals surface area contributed by atoms with Crippen LogP contribution < -0.4 is 0 Å². The highest BCUT2D eigenvalue weighted by Gasteiger charge is 2.15. The van der Waals surface area contributed by atoms with Crippen LogP contribution in [0, 0.1) is 0 Å².